The van der Waals surface area contributed by atoms with Gasteiger partial charge >= 0.3 is 0 Å². The Kier molecular flexibility index (Phi) is 4.15. The first-order valence-corrected chi connectivity index (χ1v) is 10.2. The van der Waals surface area contributed by atoms with Gasteiger partial charge in [0.15, 0.2) is 0 Å². The van der Waals surface area contributed by atoms with Crippen LogP contribution in [-0.4, -0.2) is 16.0 Å². The molecule has 0 unspecified atom stereocenters. The lowest BCUT2D eigenvalue weighted by Gasteiger charge is -2.50. The molecule has 2 aliphatic heterocycles. The molecule has 4 heteroatoms. The number of alkyl halides is 2. The third-order valence-electron chi connectivity index (χ3n) is 7.00. The van der Waals surface area contributed by atoms with E-state index in [2.05, 4.69) is 45.9 Å². The first-order valence-electron chi connectivity index (χ1n) is 9.48. The summed E-state index contributed by atoms with van der Waals surface area (Å²) in [4.78, 5) is 0. The van der Waals surface area contributed by atoms with Crippen molar-refractivity contribution in [3.63, 3.8) is 0 Å². The molecule has 1 aromatic carbocycles. The molecule has 2 heterocycles. The fraction of sp³-hybridized carbons (Fsp3) is 0.714. The monoisotopic (exact) mass is 382 g/mol. The van der Waals surface area contributed by atoms with Crippen molar-refractivity contribution in [3.8, 4) is 5.75 Å². The van der Waals surface area contributed by atoms with Crippen molar-refractivity contribution >= 4 is 23.2 Å². The Labute approximate surface area is 161 Å². The van der Waals surface area contributed by atoms with Crippen molar-refractivity contribution in [2.24, 2.45) is 17.3 Å². The van der Waals surface area contributed by atoms with E-state index in [1.165, 1.54) is 5.56 Å². The molecule has 0 spiro atoms. The molecule has 5 atom stereocenters. The second-order valence-electron chi connectivity index (χ2n) is 8.94. The summed E-state index contributed by atoms with van der Waals surface area (Å²) in [6.07, 6.45) is 4.59. The molecule has 1 saturated heterocycles. The Morgan fingerprint density at radius 1 is 1.12 bits per heavy atom. The van der Waals surface area contributed by atoms with E-state index in [9.17, 15) is 0 Å². The number of hydrogen-bond donors (Lipinski definition) is 0. The van der Waals surface area contributed by atoms with Gasteiger partial charge in [0.2, 0.25) is 0 Å². The van der Waals surface area contributed by atoms with Crippen LogP contribution in [0, 0.1) is 17.3 Å². The van der Waals surface area contributed by atoms with E-state index in [0.717, 1.165) is 31.4 Å². The van der Waals surface area contributed by atoms with Crippen molar-refractivity contribution in [3.05, 3.63) is 29.8 Å². The van der Waals surface area contributed by atoms with Crippen LogP contribution < -0.4 is 4.74 Å². The molecule has 0 N–H and O–H groups in total. The lowest BCUT2D eigenvalue weighted by atomic mass is 9.72. The molecule has 4 rings (SSSR count). The third-order valence-corrected chi connectivity index (χ3v) is 8.50. The summed E-state index contributed by atoms with van der Waals surface area (Å²) < 4.78 is 12.4. The van der Waals surface area contributed by atoms with Gasteiger partial charge in [-0.15, -0.1) is 23.2 Å². The summed E-state index contributed by atoms with van der Waals surface area (Å²) in [6, 6.07) is 8.34. The number of halogens is 2. The average Bonchev–Trinajstić information content (AvgIpc) is 2.94. The van der Waals surface area contributed by atoms with E-state index in [4.69, 9.17) is 32.7 Å². The topological polar surface area (TPSA) is 18.5 Å². The lowest BCUT2D eigenvalue weighted by Crippen LogP contribution is -2.50. The molecule has 138 valence electrons. The maximum absolute atomic E-state index is 6.57. The molecule has 1 saturated carbocycles. The highest BCUT2D eigenvalue weighted by molar-refractivity contribution is 6.51. The van der Waals surface area contributed by atoms with Crippen LogP contribution in [0.3, 0.4) is 0 Å². The van der Waals surface area contributed by atoms with Crippen LogP contribution in [0.4, 0.5) is 0 Å². The number of para-hydroxylation sites is 1. The minimum Gasteiger partial charge on any atom is -0.487 e. The summed E-state index contributed by atoms with van der Waals surface area (Å²) in [6.45, 7) is 8.74. The Morgan fingerprint density at radius 3 is 2.48 bits per heavy atom. The Morgan fingerprint density at radius 2 is 1.80 bits per heavy atom. The van der Waals surface area contributed by atoms with Crippen molar-refractivity contribution in [1.82, 2.24) is 0 Å². The molecular formula is C21H28Cl2O2. The van der Waals surface area contributed by atoms with Crippen LogP contribution in [0.5, 0.6) is 5.75 Å². The van der Waals surface area contributed by atoms with Crippen molar-refractivity contribution in [2.75, 3.05) is 0 Å². The van der Waals surface area contributed by atoms with Gasteiger partial charge in [0, 0.05) is 22.8 Å². The molecule has 1 aromatic rings. The van der Waals surface area contributed by atoms with Crippen LogP contribution >= 0.6 is 23.2 Å². The molecule has 3 aliphatic rings. The zero-order chi connectivity index (χ0) is 18.0. The molecule has 0 aromatic heterocycles. The van der Waals surface area contributed by atoms with Gasteiger partial charge in [-0.05, 0) is 45.6 Å². The molecule has 25 heavy (non-hydrogen) atoms. The molecular weight excluding hydrogens is 355 g/mol. The van der Waals surface area contributed by atoms with Gasteiger partial charge in [0.1, 0.15) is 15.7 Å². The molecule has 0 amide bonds. The predicted molar refractivity (Wildman–Crippen MR) is 102 cm³/mol. The molecule has 2 fully saturated rings. The van der Waals surface area contributed by atoms with E-state index >= 15 is 0 Å². The number of fused-ring (bicyclic) bond motifs is 3. The molecule has 1 aliphatic carbocycles. The quantitative estimate of drug-likeness (QED) is 0.570. The van der Waals surface area contributed by atoms with E-state index in [1.54, 1.807) is 0 Å². The van der Waals surface area contributed by atoms with Crippen LogP contribution in [0.25, 0.3) is 0 Å². The van der Waals surface area contributed by atoms with Gasteiger partial charge in [-0.3, -0.25) is 0 Å². The van der Waals surface area contributed by atoms with Crippen molar-refractivity contribution < 1.29 is 9.47 Å². The summed E-state index contributed by atoms with van der Waals surface area (Å²) in [7, 11) is 0. The van der Waals surface area contributed by atoms with E-state index < -0.39 is 4.33 Å². The van der Waals surface area contributed by atoms with Gasteiger partial charge in [-0.1, -0.05) is 32.0 Å². The van der Waals surface area contributed by atoms with Gasteiger partial charge < -0.3 is 9.47 Å². The molecule has 0 bridgehead atoms. The Hall–Kier alpha value is -0.440. The lowest BCUT2D eigenvalue weighted by molar-refractivity contribution is -0.153. The van der Waals surface area contributed by atoms with Crippen molar-refractivity contribution in [2.45, 2.75) is 75.5 Å². The zero-order valence-electron chi connectivity index (χ0n) is 15.5. The van der Waals surface area contributed by atoms with Crippen LogP contribution in [0.15, 0.2) is 24.3 Å². The van der Waals surface area contributed by atoms with E-state index in [-0.39, 0.29) is 17.1 Å². The first-order chi connectivity index (χ1) is 11.7. The minimum absolute atomic E-state index is 0.0178. The summed E-state index contributed by atoms with van der Waals surface area (Å²) in [5, 5.41) is 0. The van der Waals surface area contributed by atoms with Gasteiger partial charge in [-0.25, -0.2) is 0 Å². The largest absolute Gasteiger partial charge is 0.487 e. The SMILES string of the molecule is C[C@@H]1CC[C@H]2[C@@H](O1)c1ccccc1O[C@@]2(C)CC[C@H]1C(C)(C)C1(Cl)Cl. The standard InChI is InChI=1S/C21H28Cl2O2/c1-13-9-10-15-18(24-13)14-7-5-6-8-16(14)25-20(15,4)12-11-17-19(2,3)21(17,22)23/h5-8,13,15,17-18H,9-12H2,1-4H3/t13-,15+,17+,18+,20+/m1/s1. The summed E-state index contributed by atoms with van der Waals surface area (Å²) in [5.74, 6) is 1.67. The maximum Gasteiger partial charge on any atom is 0.127 e. The van der Waals surface area contributed by atoms with Gasteiger partial charge in [0.05, 0.1) is 12.2 Å². The maximum atomic E-state index is 6.57. The summed E-state index contributed by atoms with van der Waals surface area (Å²) in [5.41, 5.74) is 0.949. The highest BCUT2D eigenvalue weighted by atomic mass is 35.5. The highest BCUT2D eigenvalue weighted by Gasteiger charge is 2.69. The fourth-order valence-corrected chi connectivity index (χ4v) is 5.91. The number of benzene rings is 1. The first kappa shape index (κ1) is 17.9. The second kappa shape index (κ2) is 5.78. The molecule has 2 nitrogen and oxygen atoms in total. The Bertz CT molecular complexity index is 658. The van der Waals surface area contributed by atoms with Gasteiger partial charge in [0.25, 0.3) is 0 Å². The summed E-state index contributed by atoms with van der Waals surface area (Å²) >= 11 is 13.0. The highest BCUT2D eigenvalue weighted by Crippen LogP contribution is 2.70. The van der Waals surface area contributed by atoms with E-state index in [1.807, 2.05) is 6.07 Å². The molecule has 0 radical (unpaired) electrons. The van der Waals surface area contributed by atoms with Crippen LogP contribution in [0.2, 0.25) is 0 Å². The van der Waals surface area contributed by atoms with Gasteiger partial charge in [-0.2, -0.15) is 0 Å². The van der Waals surface area contributed by atoms with Crippen LogP contribution in [0.1, 0.15) is 65.0 Å². The second-order valence-corrected chi connectivity index (χ2v) is 10.3. The average molecular weight is 383 g/mol. The normalized spacial score (nSPS) is 40.6. The zero-order valence-corrected chi connectivity index (χ0v) is 17.0. The number of ether oxygens (including phenoxy) is 2. The minimum atomic E-state index is -0.604. The predicted octanol–water partition coefficient (Wildman–Crippen LogP) is 6.30. The smallest absolute Gasteiger partial charge is 0.127 e. The van der Waals surface area contributed by atoms with E-state index in [0.29, 0.717) is 17.9 Å². The third kappa shape index (κ3) is 2.71. The van der Waals surface area contributed by atoms with Crippen molar-refractivity contribution in [1.29, 1.82) is 0 Å². The number of hydrogen-bond acceptors (Lipinski definition) is 2. The fourth-order valence-electron chi connectivity index (χ4n) is 5.00. The Balaban J connectivity index is 1.59. The number of rotatable bonds is 3. The van der Waals surface area contributed by atoms with Crippen LogP contribution in [-0.2, 0) is 4.74 Å².